The third-order valence-electron chi connectivity index (χ3n) is 2.77. The maximum atomic E-state index is 12.3. The van der Waals surface area contributed by atoms with Crippen molar-refractivity contribution in [2.45, 2.75) is 16.7 Å². The molecule has 0 aliphatic carbocycles. The minimum Gasteiger partial charge on any atom is -0.494 e. The zero-order valence-electron chi connectivity index (χ0n) is 11.9. The number of anilines is 1. The van der Waals surface area contributed by atoms with E-state index in [1.165, 1.54) is 0 Å². The summed E-state index contributed by atoms with van der Waals surface area (Å²) in [5.41, 5.74) is 0.481. The highest BCUT2D eigenvalue weighted by Gasteiger charge is 2.14. The highest BCUT2D eigenvalue weighted by Crippen LogP contribution is 2.22. The standard InChI is InChI=1S/C15H17NO3S2/c1-3-19-13-6-4-5-12(11-13)16-21(17,18)15-9-7-14(20-2)8-10-15/h4-11,16H,3H2,1-2H3. The molecule has 2 aromatic rings. The van der Waals surface area contributed by atoms with Gasteiger partial charge in [0, 0.05) is 11.0 Å². The van der Waals surface area contributed by atoms with Gasteiger partial charge in [-0.25, -0.2) is 8.42 Å². The summed E-state index contributed by atoms with van der Waals surface area (Å²) in [5.74, 6) is 0.635. The Morgan fingerprint density at radius 3 is 2.48 bits per heavy atom. The summed E-state index contributed by atoms with van der Waals surface area (Å²) in [6.45, 7) is 2.41. The molecule has 6 heteroatoms. The van der Waals surface area contributed by atoms with Crippen LogP contribution in [0.2, 0.25) is 0 Å². The van der Waals surface area contributed by atoms with Gasteiger partial charge in [0.25, 0.3) is 10.0 Å². The van der Waals surface area contributed by atoms with Crippen molar-refractivity contribution < 1.29 is 13.2 Å². The number of benzene rings is 2. The molecule has 2 rings (SSSR count). The minimum absolute atomic E-state index is 0.238. The Balaban J connectivity index is 2.21. The SMILES string of the molecule is CCOc1cccc(NS(=O)(=O)c2ccc(SC)cc2)c1. The fraction of sp³-hybridized carbons (Fsp3) is 0.200. The molecule has 0 saturated carbocycles. The van der Waals surface area contributed by atoms with E-state index in [0.717, 1.165) is 4.90 Å². The van der Waals surface area contributed by atoms with Gasteiger partial charge >= 0.3 is 0 Å². The molecule has 21 heavy (non-hydrogen) atoms. The molecule has 1 N–H and O–H groups in total. The van der Waals surface area contributed by atoms with Gasteiger partial charge in [0.05, 0.1) is 17.2 Å². The second kappa shape index (κ2) is 6.87. The van der Waals surface area contributed by atoms with Crippen LogP contribution in [-0.4, -0.2) is 21.3 Å². The van der Waals surface area contributed by atoms with Crippen LogP contribution in [0.4, 0.5) is 5.69 Å². The van der Waals surface area contributed by atoms with Gasteiger partial charge in [0.15, 0.2) is 0 Å². The second-order valence-electron chi connectivity index (χ2n) is 4.24. The highest BCUT2D eigenvalue weighted by molar-refractivity contribution is 7.98. The number of rotatable bonds is 6. The monoisotopic (exact) mass is 323 g/mol. The minimum atomic E-state index is -3.58. The van der Waals surface area contributed by atoms with Crippen LogP contribution in [0.25, 0.3) is 0 Å². The molecule has 112 valence electrons. The van der Waals surface area contributed by atoms with Crippen LogP contribution in [0, 0.1) is 0 Å². The van der Waals surface area contributed by atoms with Crippen molar-refractivity contribution in [1.29, 1.82) is 0 Å². The van der Waals surface area contributed by atoms with Gasteiger partial charge in [-0.2, -0.15) is 0 Å². The zero-order valence-corrected chi connectivity index (χ0v) is 13.5. The Kier molecular flexibility index (Phi) is 5.14. The lowest BCUT2D eigenvalue weighted by Crippen LogP contribution is -2.12. The number of thioether (sulfide) groups is 1. The van der Waals surface area contributed by atoms with Crippen molar-refractivity contribution in [3.8, 4) is 5.75 Å². The first kappa shape index (κ1) is 15.7. The Labute approximate surface area is 129 Å². The average Bonchev–Trinajstić information content (AvgIpc) is 2.47. The van der Waals surface area contributed by atoms with E-state index in [0.29, 0.717) is 18.0 Å². The van der Waals surface area contributed by atoms with E-state index in [-0.39, 0.29) is 4.90 Å². The lowest BCUT2D eigenvalue weighted by molar-refractivity contribution is 0.340. The Morgan fingerprint density at radius 1 is 1.14 bits per heavy atom. The van der Waals surface area contributed by atoms with E-state index in [1.54, 1.807) is 60.3 Å². The number of hydrogen-bond acceptors (Lipinski definition) is 4. The molecule has 2 aromatic carbocycles. The average molecular weight is 323 g/mol. The number of sulfonamides is 1. The molecular formula is C15H17NO3S2. The quantitative estimate of drug-likeness (QED) is 0.825. The predicted molar refractivity (Wildman–Crippen MR) is 86.6 cm³/mol. The molecule has 0 aliphatic heterocycles. The van der Waals surface area contributed by atoms with Crippen LogP contribution in [0.15, 0.2) is 58.3 Å². The Bertz CT molecular complexity index is 697. The fourth-order valence-electron chi connectivity index (χ4n) is 1.78. The highest BCUT2D eigenvalue weighted by atomic mass is 32.2. The molecule has 0 aliphatic rings. The summed E-state index contributed by atoms with van der Waals surface area (Å²) < 4.78 is 32.5. The molecule has 0 unspecified atom stereocenters. The van der Waals surface area contributed by atoms with E-state index >= 15 is 0 Å². The van der Waals surface area contributed by atoms with Crippen molar-refractivity contribution >= 4 is 27.5 Å². The van der Waals surface area contributed by atoms with E-state index in [2.05, 4.69) is 4.72 Å². The van der Waals surface area contributed by atoms with Gasteiger partial charge in [-0.1, -0.05) is 6.07 Å². The van der Waals surface area contributed by atoms with Gasteiger partial charge in [0.1, 0.15) is 5.75 Å². The third kappa shape index (κ3) is 4.15. The largest absolute Gasteiger partial charge is 0.494 e. The summed E-state index contributed by atoms with van der Waals surface area (Å²) in [4.78, 5) is 1.26. The van der Waals surface area contributed by atoms with Crippen LogP contribution in [0.5, 0.6) is 5.75 Å². The van der Waals surface area contributed by atoms with E-state index in [9.17, 15) is 8.42 Å². The van der Waals surface area contributed by atoms with Gasteiger partial charge in [0.2, 0.25) is 0 Å². The van der Waals surface area contributed by atoms with Crippen molar-refractivity contribution in [3.05, 3.63) is 48.5 Å². The van der Waals surface area contributed by atoms with Crippen LogP contribution in [-0.2, 0) is 10.0 Å². The Morgan fingerprint density at radius 2 is 1.86 bits per heavy atom. The first-order chi connectivity index (χ1) is 10.0. The molecule has 4 nitrogen and oxygen atoms in total. The maximum Gasteiger partial charge on any atom is 0.261 e. The van der Waals surface area contributed by atoms with Crippen LogP contribution in [0.1, 0.15) is 6.92 Å². The van der Waals surface area contributed by atoms with Crippen molar-refractivity contribution in [3.63, 3.8) is 0 Å². The maximum absolute atomic E-state index is 12.3. The molecule has 0 atom stereocenters. The number of ether oxygens (including phenoxy) is 1. The van der Waals surface area contributed by atoms with Crippen LogP contribution in [0.3, 0.4) is 0 Å². The summed E-state index contributed by atoms with van der Waals surface area (Å²) in [5, 5.41) is 0. The predicted octanol–water partition coefficient (Wildman–Crippen LogP) is 3.61. The van der Waals surface area contributed by atoms with E-state index in [4.69, 9.17) is 4.74 Å². The van der Waals surface area contributed by atoms with Gasteiger partial charge in [-0.3, -0.25) is 4.72 Å². The van der Waals surface area contributed by atoms with Crippen LogP contribution < -0.4 is 9.46 Å². The molecule has 0 amide bonds. The number of nitrogens with one attached hydrogen (secondary N) is 1. The van der Waals surface area contributed by atoms with Gasteiger partial charge < -0.3 is 4.74 Å². The normalized spacial score (nSPS) is 11.1. The first-order valence-electron chi connectivity index (χ1n) is 6.45. The van der Waals surface area contributed by atoms with Crippen molar-refractivity contribution in [2.24, 2.45) is 0 Å². The summed E-state index contributed by atoms with van der Waals surface area (Å²) in [7, 11) is -3.58. The lowest BCUT2D eigenvalue weighted by atomic mass is 10.3. The number of hydrogen-bond donors (Lipinski definition) is 1. The fourth-order valence-corrected chi connectivity index (χ4v) is 3.24. The van der Waals surface area contributed by atoms with E-state index < -0.39 is 10.0 Å². The summed E-state index contributed by atoms with van der Waals surface area (Å²) in [6.07, 6.45) is 1.95. The van der Waals surface area contributed by atoms with E-state index in [1.807, 2.05) is 13.2 Å². The molecule has 0 fully saturated rings. The third-order valence-corrected chi connectivity index (χ3v) is 4.91. The zero-order chi connectivity index (χ0) is 15.3. The molecule has 0 spiro atoms. The van der Waals surface area contributed by atoms with Gasteiger partial charge in [-0.15, -0.1) is 11.8 Å². The van der Waals surface area contributed by atoms with Crippen molar-refractivity contribution in [1.82, 2.24) is 0 Å². The molecule has 0 aromatic heterocycles. The molecule has 0 heterocycles. The molecule has 0 bridgehead atoms. The lowest BCUT2D eigenvalue weighted by Gasteiger charge is -2.10. The summed E-state index contributed by atoms with van der Waals surface area (Å²) in [6, 6.07) is 13.7. The topological polar surface area (TPSA) is 55.4 Å². The van der Waals surface area contributed by atoms with Gasteiger partial charge in [-0.05, 0) is 49.6 Å². The Hall–Kier alpha value is -1.66. The second-order valence-corrected chi connectivity index (χ2v) is 6.80. The van der Waals surface area contributed by atoms with Crippen molar-refractivity contribution in [2.75, 3.05) is 17.6 Å². The first-order valence-corrected chi connectivity index (χ1v) is 9.15. The smallest absolute Gasteiger partial charge is 0.261 e. The molecule has 0 radical (unpaired) electrons. The summed E-state index contributed by atoms with van der Waals surface area (Å²) >= 11 is 1.57. The molecule has 0 saturated heterocycles. The van der Waals surface area contributed by atoms with Crippen LogP contribution >= 0.6 is 11.8 Å². The molecular weight excluding hydrogens is 306 g/mol.